The Balaban J connectivity index is 1.80. The van der Waals surface area contributed by atoms with Crippen molar-refractivity contribution in [2.45, 2.75) is 50.6 Å². The van der Waals surface area contributed by atoms with Crippen LogP contribution in [-0.4, -0.2) is 18.6 Å². The molecule has 0 spiro atoms. The highest BCUT2D eigenvalue weighted by molar-refractivity contribution is 4.90. The summed E-state index contributed by atoms with van der Waals surface area (Å²) in [5.41, 5.74) is 6.19. The Morgan fingerprint density at radius 2 is 1.92 bits per heavy atom. The van der Waals surface area contributed by atoms with E-state index in [9.17, 15) is 0 Å². The fraction of sp³-hybridized carbons (Fsp3) is 1.00. The SMILES string of the molecule is NC(C1CCC1)C1CCCCN1. The Bertz CT molecular complexity index is 137. The molecule has 1 heterocycles. The lowest BCUT2D eigenvalue weighted by Gasteiger charge is -2.38. The van der Waals surface area contributed by atoms with E-state index in [4.69, 9.17) is 5.73 Å². The van der Waals surface area contributed by atoms with Gasteiger partial charge in [-0.1, -0.05) is 12.8 Å². The Hall–Kier alpha value is -0.0800. The van der Waals surface area contributed by atoms with Crippen LogP contribution in [0.4, 0.5) is 0 Å². The molecule has 2 aliphatic rings. The highest BCUT2D eigenvalue weighted by Gasteiger charge is 2.30. The van der Waals surface area contributed by atoms with Crippen molar-refractivity contribution in [1.82, 2.24) is 5.32 Å². The van der Waals surface area contributed by atoms with Gasteiger partial charge in [-0.05, 0) is 38.1 Å². The molecule has 70 valence electrons. The van der Waals surface area contributed by atoms with Gasteiger partial charge >= 0.3 is 0 Å². The number of hydrogen-bond donors (Lipinski definition) is 2. The Morgan fingerprint density at radius 1 is 1.08 bits per heavy atom. The lowest BCUT2D eigenvalue weighted by atomic mass is 9.76. The summed E-state index contributed by atoms with van der Waals surface area (Å²) in [6.07, 6.45) is 8.17. The molecule has 2 heteroatoms. The maximum Gasteiger partial charge on any atom is 0.0223 e. The molecule has 3 N–H and O–H groups in total. The predicted octanol–water partition coefficient (Wildman–Crippen LogP) is 1.26. The van der Waals surface area contributed by atoms with E-state index in [2.05, 4.69) is 5.32 Å². The minimum Gasteiger partial charge on any atom is -0.326 e. The van der Waals surface area contributed by atoms with Crippen molar-refractivity contribution in [2.24, 2.45) is 11.7 Å². The Labute approximate surface area is 74.9 Å². The Morgan fingerprint density at radius 3 is 2.42 bits per heavy atom. The molecule has 1 aliphatic carbocycles. The third kappa shape index (κ3) is 1.64. The maximum atomic E-state index is 6.19. The highest BCUT2D eigenvalue weighted by Crippen LogP contribution is 2.31. The quantitative estimate of drug-likeness (QED) is 0.651. The van der Waals surface area contributed by atoms with E-state index in [0.29, 0.717) is 12.1 Å². The first-order valence-electron chi connectivity index (χ1n) is 5.37. The van der Waals surface area contributed by atoms with E-state index < -0.39 is 0 Å². The number of piperidine rings is 1. The zero-order chi connectivity index (χ0) is 8.39. The highest BCUT2D eigenvalue weighted by atomic mass is 15.0. The van der Waals surface area contributed by atoms with Crippen molar-refractivity contribution < 1.29 is 0 Å². The second-order valence-electron chi connectivity index (χ2n) is 4.32. The summed E-state index contributed by atoms with van der Waals surface area (Å²) >= 11 is 0. The maximum absolute atomic E-state index is 6.19. The van der Waals surface area contributed by atoms with E-state index in [1.807, 2.05) is 0 Å². The second kappa shape index (κ2) is 3.75. The summed E-state index contributed by atoms with van der Waals surface area (Å²) in [5, 5.41) is 3.54. The van der Waals surface area contributed by atoms with Crippen molar-refractivity contribution in [3.8, 4) is 0 Å². The standard InChI is InChI=1S/C10H20N2/c11-10(8-4-3-5-8)9-6-1-2-7-12-9/h8-10,12H,1-7,11H2. The van der Waals surface area contributed by atoms with Crippen LogP contribution in [0.25, 0.3) is 0 Å². The van der Waals surface area contributed by atoms with Crippen molar-refractivity contribution in [2.75, 3.05) is 6.54 Å². The topological polar surface area (TPSA) is 38.0 Å². The molecule has 1 saturated carbocycles. The van der Waals surface area contributed by atoms with Crippen LogP contribution >= 0.6 is 0 Å². The summed E-state index contributed by atoms with van der Waals surface area (Å²) in [4.78, 5) is 0. The molecule has 2 atom stereocenters. The minimum atomic E-state index is 0.444. The molecular weight excluding hydrogens is 148 g/mol. The van der Waals surface area contributed by atoms with Crippen LogP contribution in [0.3, 0.4) is 0 Å². The van der Waals surface area contributed by atoms with Crippen LogP contribution < -0.4 is 11.1 Å². The van der Waals surface area contributed by atoms with Gasteiger partial charge in [-0.3, -0.25) is 0 Å². The van der Waals surface area contributed by atoms with Crippen LogP contribution in [0.15, 0.2) is 0 Å². The van der Waals surface area contributed by atoms with Gasteiger partial charge in [-0.25, -0.2) is 0 Å². The van der Waals surface area contributed by atoms with Gasteiger partial charge in [-0.2, -0.15) is 0 Å². The molecule has 2 rings (SSSR count). The molecule has 2 nitrogen and oxygen atoms in total. The van der Waals surface area contributed by atoms with Crippen molar-refractivity contribution in [1.29, 1.82) is 0 Å². The third-order valence-corrected chi connectivity index (χ3v) is 3.51. The first kappa shape index (κ1) is 8.52. The van der Waals surface area contributed by atoms with Crippen LogP contribution in [0.5, 0.6) is 0 Å². The smallest absolute Gasteiger partial charge is 0.0223 e. The predicted molar refractivity (Wildman–Crippen MR) is 51.0 cm³/mol. The number of nitrogens with one attached hydrogen (secondary N) is 1. The van der Waals surface area contributed by atoms with Crippen LogP contribution in [-0.2, 0) is 0 Å². The van der Waals surface area contributed by atoms with Gasteiger partial charge in [0.1, 0.15) is 0 Å². The van der Waals surface area contributed by atoms with E-state index in [-0.39, 0.29) is 0 Å². The zero-order valence-corrected chi connectivity index (χ0v) is 7.76. The fourth-order valence-electron chi connectivity index (χ4n) is 2.36. The van der Waals surface area contributed by atoms with Crippen LogP contribution in [0.1, 0.15) is 38.5 Å². The largest absolute Gasteiger partial charge is 0.326 e. The molecule has 0 bridgehead atoms. The molecule has 1 saturated heterocycles. The lowest BCUT2D eigenvalue weighted by molar-refractivity contribution is 0.203. The van der Waals surface area contributed by atoms with Gasteiger partial charge in [0, 0.05) is 12.1 Å². The molecule has 1 aliphatic heterocycles. The van der Waals surface area contributed by atoms with Gasteiger partial charge in [0.05, 0.1) is 0 Å². The lowest BCUT2D eigenvalue weighted by Crippen LogP contribution is -2.52. The van der Waals surface area contributed by atoms with Gasteiger partial charge in [0.15, 0.2) is 0 Å². The fourth-order valence-corrected chi connectivity index (χ4v) is 2.36. The van der Waals surface area contributed by atoms with Gasteiger partial charge in [-0.15, -0.1) is 0 Å². The number of rotatable bonds is 2. The zero-order valence-electron chi connectivity index (χ0n) is 7.76. The van der Waals surface area contributed by atoms with E-state index in [0.717, 1.165) is 5.92 Å². The average Bonchev–Trinajstić information content (AvgIpc) is 2.03. The molecule has 0 amide bonds. The summed E-state index contributed by atoms with van der Waals surface area (Å²) < 4.78 is 0. The van der Waals surface area contributed by atoms with Crippen molar-refractivity contribution >= 4 is 0 Å². The third-order valence-electron chi connectivity index (χ3n) is 3.51. The number of nitrogens with two attached hydrogens (primary N) is 1. The molecule has 0 aromatic heterocycles. The van der Waals surface area contributed by atoms with E-state index >= 15 is 0 Å². The first-order valence-corrected chi connectivity index (χ1v) is 5.37. The number of hydrogen-bond acceptors (Lipinski definition) is 2. The van der Waals surface area contributed by atoms with Crippen LogP contribution in [0, 0.1) is 5.92 Å². The van der Waals surface area contributed by atoms with Crippen molar-refractivity contribution in [3.63, 3.8) is 0 Å². The molecule has 2 fully saturated rings. The molecule has 0 aromatic carbocycles. The van der Waals surface area contributed by atoms with E-state index in [1.54, 1.807) is 0 Å². The summed E-state index contributed by atoms with van der Waals surface area (Å²) in [5.74, 6) is 0.834. The van der Waals surface area contributed by atoms with Gasteiger partial charge in [0.25, 0.3) is 0 Å². The first-order chi connectivity index (χ1) is 5.88. The summed E-state index contributed by atoms with van der Waals surface area (Å²) in [7, 11) is 0. The van der Waals surface area contributed by atoms with Crippen molar-refractivity contribution in [3.05, 3.63) is 0 Å². The average molecular weight is 168 g/mol. The van der Waals surface area contributed by atoms with Gasteiger partial charge in [0.2, 0.25) is 0 Å². The second-order valence-corrected chi connectivity index (χ2v) is 4.32. The van der Waals surface area contributed by atoms with E-state index in [1.165, 1.54) is 45.1 Å². The summed E-state index contributed by atoms with van der Waals surface area (Å²) in [6, 6.07) is 1.07. The normalized spacial score (nSPS) is 34.2. The molecule has 0 radical (unpaired) electrons. The summed E-state index contributed by atoms with van der Waals surface area (Å²) in [6.45, 7) is 1.19. The minimum absolute atomic E-state index is 0.444. The monoisotopic (exact) mass is 168 g/mol. The molecular formula is C10H20N2. The van der Waals surface area contributed by atoms with Gasteiger partial charge < -0.3 is 11.1 Å². The molecule has 12 heavy (non-hydrogen) atoms. The van der Waals surface area contributed by atoms with Crippen LogP contribution in [0.2, 0.25) is 0 Å². The molecule has 0 aromatic rings. The Kier molecular flexibility index (Phi) is 2.66. The molecule has 2 unspecified atom stereocenters.